The molecular formula is C17H18N2O3S. The van der Waals surface area contributed by atoms with Gasteiger partial charge in [-0.25, -0.2) is 13.1 Å². The Morgan fingerprint density at radius 3 is 2.52 bits per heavy atom. The molecule has 4 rings (SSSR count). The highest BCUT2D eigenvalue weighted by Crippen LogP contribution is 2.55. The number of benzene rings is 1. The van der Waals surface area contributed by atoms with Gasteiger partial charge in [-0.2, -0.15) is 0 Å². The maximum Gasteiger partial charge on any atom is 0.266 e. The minimum atomic E-state index is -3.90. The SMILES string of the molecule is O=C(NS(=O)(=O)c1cccc2cccnc12)C1[C@H]2CCCC[C@H]12. The number of hydrogen-bond acceptors (Lipinski definition) is 4. The fourth-order valence-electron chi connectivity index (χ4n) is 3.93. The lowest BCUT2D eigenvalue weighted by atomic mass is 10.0. The molecule has 2 aromatic rings. The number of hydrogen-bond donors (Lipinski definition) is 1. The molecule has 1 amide bonds. The van der Waals surface area contributed by atoms with Crippen LogP contribution >= 0.6 is 0 Å². The van der Waals surface area contributed by atoms with Gasteiger partial charge in [-0.15, -0.1) is 0 Å². The van der Waals surface area contributed by atoms with Gasteiger partial charge in [0, 0.05) is 17.5 Å². The molecule has 0 radical (unpaired) electrons. The molecule has 2 saturated carbocycles. The molecule has 2 aliphatic rings. The minimum Gasteiger partial charge on any atom is -0.274 e. The largest absolute Gasteiger partial charge is 0.274 e. The van der Waals surface area contributed by atoms with E-state index in [9.17, 15) is 13.2 Å². The Labute approximate surface area is 135 Å². The van der Waals surface area contributed by atoms with Crippen LogP contribution in [0.4, 0.5) is 0 Å². The Morgan fingerprint density at radius 2 is 1.78 bits per heavy atom. The van der Waals surface area contributed by atoms with Crippen LogP contribution in [0.2, 0.25) is 0 Å². The molecule has 0 spiro atoms. The summed E-state index contributed by atoms with van der Waals surface area (Å²) in [6.07, 6.45) is 5.92. The number of rotatable bonds is 3. The Morgan fingerprint density at radius 1 is 1.09 bits per heavy atom. The molecular weight excluding hydrogens is 312 g/mol. The topological polar surface area (TPSA) is 76.1 Å². The predicted molar refractivity (Wildman–Crippen MR) is 86.0 cm³/mol. The third kappa shape index (κ3) is 2.51. The van der Waals surface area contributed by atoms with Crippen LogP contribution in [0, 0.1) is 17.8 Å². The number of carbonyl (C=O) groups is 1. The second kappa shape index (κ2) is 5.30. The molecule has 2 atom stereocenters. The Bertz CT molecular complexity index is 861. The molecule has 2 aliphatic carbocycles. The van der Waals surface area contributed by atoms with Gasteiger partial charge < -0.3 is 0 Å². The molecule has 2 fully saturated rings. The van der Waals surface area contributed by atoms with Crippen molar-refractivity contribution in [3.05, 3.63) is 36.5 Å². The fraction of sp³-hybridized carbons (Fsp3) is 0.412. The van der Waals surface area contributed by atoms with Gasteiger partial charge in [0.15, 0.2) is 0 Å². The second-order valence-corrected chi connectivity index (χ2v) is 8.09. The zero-order valence-electron chi connectivity index (χ0n) is 12.6. The van der Waals surface area contributed by atoms with Crippen molar-refractivity contribution in [2.45, 2.75) is 30.6 Å². The maximum absolute atomic E-state index is 12.6. The van der Waals surface area contributed by atoms with E-state index in [1.54, 1.807) is 30.5 Å². The number of nitrogens with zero attached hydrogens (tertiary/aromatic N) is 1. The normalized spacial score (nSPS) is 26.5. The first kappa shape index (κ1) is 14.6. The average Bonchev–Trinajstić information content (AvgIpc) is 3.28. The quantitative estimate of drug-likeness (QED) is 0.938. The van der Waals surface area contributed by atoms with Gasteiger partial charge in [-0.3, -0.25) is 9.78 Å². The van der Waals surface area contributed by atoms with Crippen LogP contribution in [0.5, 0.6) is 0 Å². The lowest BCUT2D eigenvalue weighted by Crippen LogP contribution is -2.32. The monoisotopic (exact) mass is 330 g/mol. The van der Waals surface area contributed by atoms with Crippen LogP contribution in [0.1, 0.15) is 25.7 Å². The van der Waals surface area contributed by atoms with Crippen molar-refractivity contribution >= 4 is 26.8 Å². The van der Waals surface area contributed by atoms with Gasteiger partial charge in [0.05, 0.1) is 5.52 Å². The molecule has 1 aromatic carbocycles. The molecule has 0 saturated heterocycles. The summed E-state index contributed by atoms with van der Waals surface area (Å²) in [5, 5.41) is 0.739. The van der Waals surface area contributed by atoms with E-state index >= 15 is 0 Å². The van der Waals surface area contributed by atoms with Crippen LogP contribution in [-0.4, -0.2) is 19.3 Å². The van der Waals surface area contributed by atoms with Crippen LogP contribution in [0.15, 0.2) is 41.4 Å². The first-order valence-corrected chi connectivity index (χ1v) is 9.47. The van der Waals surface area contributed by atoms with Gasteiger partial charge >= 0.3 is 0 Å². The van der Waals surface area contributed by atoms with Gasteiger partial charge in [-0.05, 0) is 36.8 Å². The van der Waals surface area contributed by atoms with E-state index in [2.05, 4.69) is 9.71 Å². The summed E-state index contributed by atoms with van der Waals surface area (Å²) < 4.78 is 27.5. The van der Waals surface area contributed by atoms with E-state index in [0.717, 1.165) is 31.1 Å². The second-order valence-electron chi connectivity index (χ2n) is 6.44. The predicted octanol–water partition coefficient (Wildman–Crippen LogP) is 2.48. The number of para-hydroxylation sites is 1. The molecule has 23 heavy (non-hydrogen) atoms. The van der Waals surface area contributed by atoms with E-state index < -0.39 is 10.0 Å². The summed E-state index contributed by atoms with van der Waals surface area (Å²) in [5.74, 6) is 0.277. The van der Waals surface area contributed by atoms with Crippen molar-refractivity contribution < 1.29 is 13.2 Å². The van der Waals surface area contributed by atoms with E-state index in [1.165, 1.54) is 6.07 Å². The number of carbonyl (C=O) groups excluding carboxylic acids is 1. The van der Waals surface area contributed by atoms with E-state index in [0.29, 0.717) is 17.4 Å². The minimum absolute atomic E-state index is 0.0626. The highest BCUT2D eigenvalue weighted by Gasteiger charge is 2.55. The Hall–Kier alpha value is -1.95. The molecule has 120 valence electrons. The van der Waals surface area contributed by atoms with Gasteiger partial charge in [0.25, 0.3) is 10.0 Å². The van der Waals surface area contributed by atoms with Crippen molar-refractivity contribution in [1.29, 1.82) is 0 Å². The van der Waals surface area contributed by atoms with Crippen LogP contribution in [0.25, 0.3) is 10.9 Å². The number of sulfonamides is 1. The van der Waals surface area contributed by atoms with E-state index in [1.807, 2.05) is 0 Å². The molecule has 5 nitrogen and oxygen atoms in total. The smallest absolute Gasteiger partial charge is 0.266 e. The number of aromatic nitrogens is 1. The van der Waals surface area contributed by atoms with Crippen molar-refractivity contribution in [1.82, 2.24) is 9.71 Å². The highest BCUT2D eigenvalue weighted by atomic mass is 32.2. The molecule has 0 bridgehead atoms. The highest BCUT2D eigenvalue weighted by molar-refractivity contribution is 7.90. The standard InChI is InChI=1S/C17H18N2O3S/c20-17(15-12-7-1-2-8-13(12)15)19-23(21,22)14-9-3-5-11-6-4-10-18-16(11)14/h3-6,9-10,12-13,15H,1-2,7-8H2,(H,19,20)/t12-,13-/m0/s1. The molecule has 1 N–H and O–H groups in total. The summed E-state index contributed by atoms with van der Waals surface area (Å²) in [7, 11) is -3.90. The van der Waals surface area contributed by atoms with Crippen LogP contribution < -0.4 is 4.72 Å². The summed E-state index contributed by atoms with van der Waals surface area (Å²) in [4.78, 5) is 16.6. The lowest BCUT2D eigenvalue weighted by molar-refractivity contribution is -0.121. The number of amides is 1. The van der Waals surface area contributed by atoms with Crippen molar-refractivity contribution in [2.24, 2.45) is 17.8 Å². The van der Waals surface area contributed by atoms with E-state index in [4.69, 9.17) is 0 Å². The van der Waals surface area contributed by atoms with Crippen LogP contribution in [-0.2, 0) is 14.8 Å². The number of fused-ring (bicyclic) bond motifs is 2. The first-order valence-electron chi connectivity index (χ1n) is 7.98. The van der Waals surface area contributed by atoms with Gasteiger partial charge in [0.1, 0.15) is 4.90 Å². The third-order valence-electron chi connectivity index (χ3n) is 5.08. The molecule has 0 unspecified atom stereocenters. The summed E-state index contributed by atoms with van der Waals surface area (Å²) in [6.45, 7) is 0. The fourth-order valence-corrected chi connectivity index (χ4v) is 5.12. The van der Waals surface area contributed by atoms with Crippen LogP contribution in [0.3, 0.4) is 0 Å². The molecule has 6 heteroatoms. The average molecular weight is 330 g/mol. The summed E-state index contributed by atoms with van der Waals surface area (Å²) >= 11 is 0. The van der Waals surface area contributed by atoms with Crippen molar-refractivity contribution in [2.75, 3.05) is 0 Å². The Balaban J connectivity index is 1.61. The van der Waals surface area contributed by atoms with Crippen molar-refractivity contribution in [3.8, 4) is 0 Å². The summed E-state index contributed by atoms with van der Waals surface area (Å²) in [5.41, 5.74) is 0.392. The zero-order valence-corrected chi connectivity index (χ0v) is 13.4. The third-order valence-corrected chi connectivity index (χ3v) is 6.46. The van der Waals surface area contributed by atoms with Gasteiger partial charge in [0.2, 0.25) is 5.91 Å². The maximum atomic E-state index is 12.6. The first-order chi connectivity index (χ1) is 11.1. The molecule has 0 aliphatic heterocycles. The summed E-state index contributed by atoms with van der Waals surface area (Å²) in [6, 6.07) is 8.52. The molecule has 1 heterocycles. The number of nitrogens with one attached hydrogen (secondary N) is 1. The Kier molecular flexibility index (Phi) is 3.37. The van der Waals surface area contributed by atoms with Crippen molar-refractivity contribution in [3.63, 3.8) is 0 Å². The van der Waals surface area contributed by atoms with Gasteiger partial charge in [-0.1, -0.05) is 31.0 Å². The number of pyridine rings is 1. The zero-order chi connectivity index (χ0) is 16.0. The molecule has 1 aromatic heterocycles. The van der Waals surface area contributed by atoms with E-state index in [-0.39, 0.29) is 16.7 Å². The lowest BCUT2D eigenvalue weighted by Gasteiger charge is -2.09.